The Balaban J connectivity index is 1.85. The minimum atomic E-state index is -0.0712. The summed E-state index contributed by atoms with van der Waals surface area (Å²) in [5.41, 5.74) is 1.64. The lowest BCUT2D eigenvalue weighted by atomic mass is 10.2. The third-order valence-electron chi connectivity index (χ3n) is 3.83. The fraction of sp³-hybridized carbons (Fsp3) is 0.211. The summed E-state index contributed by atoms with van der Waals surface area (Å²) < 4.78 is 12.7. The molecule has 2 heterocycles. The monoisotopic (exact) mass is 464 g/mol. The van der Waals surface area contributed by atoms with Gasteiger partial charge in [-0.3, -0.25) is 14.7 Å². The highest BCUT2D eigenvalue weighted by molar-refractivity contribution is 9.10. The molecule has 0 N–H and O–H groups in total. The first-order chi connectivity index (χ1) is 13.0. The molecule has 1 aliphatic heterocycles. The van der Waals surface area contributed by atoms with Crippen LogP contribution >= 0.6 is 39.9 Å². The van der Waals surface area contributed by atoms with Crippen LogP contribution in [0.25, 0.3) is 6.08 Å². The number of hydrogen-bond donors (Lipinski definition) is 0. The van der Waals surface area contributed by atoms with Crippen molar-refractivity contribution in [2.24, 2.45) is 0 Å². The van der Waals surface area contributed by atoms with Crippen LogP contribution in [0, 0.1) is 0 Å². The van der Waals surface area contributed by atoms with Crippen molar-refractivity contribution in [2.75, 3.05) is 13.7 Å². The minimum Gasteiger partial charge on any atom is -0.493 e. The summed E-state index contributed by atoms with van der Waals surface area (Å²) in [7, 11) is 1.58. The van der Waals surface area contributed by atoms with E-state index in [0.29, 0.717) is 33.9 Å². The molecular formula is C19H17BrN2O3S2. The quantitative estimate of drug-likeness (QED) is 0.457. The van der Waals surface area contributed by atoms with Crippen LogP contribution < -0.4 is 9.47 Å². The summed E-state index contributed by atoms with van der Waals surface area (Å²) in [5.74, 6) is 1.08. The molecule has 0 aliphatic carbocycles. The molecule has 0 bridgehead atoms. The molecule has 3 rings (SSSR count). The number of halogens is 1. The number of amides is 1. The molecule has 1 aromatic heterocycles. The van der Waals surface area contributed by atoms with Gasteiger partial charge in [0.2, 0.25) is 0 Å². The van der Waals surface area contributed by atoms with Gasteiger partial charge in [0.1, 0.15) is 10.9 Å². The average Bonchev–Trinajstić information content (AvgIpc) is 2.93. The largest absolute Gasteiger partial charge is 0.493 e. The number of thioether (sulfide) groups is 1. The van der Waals surface area contributed by atoms with Gasteiger partial charge in [-0.2, -0.15) is 0 Å². The molecule has 8 heteroatoms. The smallest absolute Gasteiger partial charge is 0.266 e. The van der Waals surface area contributed by atoms with Crippen molar-refractivity contribution in [1.29, 1.82) is 0 Å². The van der Waals surface area contributed by atoms with Crippen molar-refractivity contribution in [2.45, 2.75) is 13.5 Å². The molecule has 0 unspecified atom stereocenters. The lowest BCUT2D eigenvalue weighted by Crippen LogP contribution is -2.27. The molecule has 27 heavy (non-hydrogen) atoms. The normalized spacial score (nSPS) is 15.5. The summed E-state index contributed by atoms with van der Waals surface area (Å²) >= 11 is 10.1. The second kappa shape index (κ2) is 8.86. The molecule has 2 aromatic rings. The molecule has 140 valence electrons. The summed E-state index contributed by atoms with van der Waals surface area (Å²) in [6.07, 6.45) is 3.53. The van der Waals surface area contributed by atoms with Crippen molar-refractivity contribution >= 4 is 56.2 Å². The Labute approximate surface area is 175 Å². The maximum Gasteiger partial charge on any atom is 0.266 e. The first-order valence-corrected chi connectivity index (χ1v) is 10.2. The molecule has 1 saturated heterocycles. The first-order valence-electron chi connectivity index (χ1n) is 8.19. The van der Waals surface area contributed by atoms with Crippen LogP contribution in [-0.2, 0) is 11.4 Å². The zero-order chi connectivity index (χ0) is 19.4. The van der Waals surface area contributed by atoms with E-state index in [9.17, 15) is 4.79 Å². The predicted octanol–water partition coefficient (Wildman–Crippen LogP) is 4.65. The molecule has 1 fully saturated rings. The van der Waals surface area contributed by atoms with Crippen molar-refractivity contribution in [3.63, 3.8) is 0 Å². The van der Waals surface area contributed by atoms with Gasteiger partial charge in [-0.05, 0) is 58.8 Å². The number of aromatic nitrogens is 1. The van der Waals surface area contributed by atoms with Crippen LogP contribution in [0.5, 0.6) is 11.5 Å². The highest BCUT2D eigenvalue weighted by atomic mass is 79.9. The topological polar surface area (TPSA) is 51.7 Å². The lowest BCUT2D eigenvalue weighted by Gasteiger charge is -2.13. The number of nitrogens with zero attached hydrogens (tertiary/aromatic N) is 2. The summed E-state index contributed by atoms with van der Waals surface area (Å²) in [6, 6.07) is 9.37. The maximum atomic E-state index is 12.4. The number of thiocarbonyl (C=S) groups is 1. The van der Waals surface area contributed by atoms with Crippen LogP contribution in [0.1, 0.15) is 18.2 Å². The van der Waals surface area contributed by atoms with Crippen LogP contribution in [0.2, 0.25) is 0 Å². The molecule has 0 radical (unpaired) electrons. The highest BCUT2D eigenvalue weighted by Crippen LogP contribution is 2.39. The van der Waals surface area contributed by atoms with Gasteiger partial charge in [0.15, 0.2) is 11.5 Å². The van der Waals surface area contributed by atoms with Gasteiger partial charge in [-0.15, -0.1) is 0 Å². The highest BCUT2D eigenvalue weighted by Gasteiger charge is 2.30. The number of hydrogen-bond acceptors (Lipinski definition) is 6. The van der Waals surface area contributed by atoms with E-state index in [4.69, 9.17) is 21.7 Å². The number of methoxy groups -OCH3 is 1. The van der Waals surface area contributed by atoms with Crippen molar-refractivity contribution in [1.82, 2.24) is 9.88 Å². The first kappa shape index (κ1) is 19.9. The fourth-order valence-electron chi connectivity index (χ4n) is 2.52. The van der Waals surface area contributed by atoms with Crippen LogP contribution in [0.3, 0.4) is 0 Å². The molecule has 1 aromatic carbocycles. The number of rotatable bonds is 6. The number of ether oxygens (including phenoxy) is 2. The molecular weight excluding hydrogens is 448 g/mol. The number of carbonyl (C=O) groups is 1. The van der Waals surface area contributed by atoms with Crippen molar-refractivity contribution in [3.8, 4) is 11.5 Å². The summed E-state index contributed by atoms with van der Waals surface area (Å²) in [4.78, 5) is 18.8. The molecule has 0 atom stereocenters. The molecule has 1 amide bonds. The van der Waals surface area contributed by atoms with Gasteiger partial charge in [-0.1, -0.05) is 30.0 Å². The minimum absolute atomic E-state index is 0.0712. The van der Waals surface area contributed by atoms with Gasteiger partial charge in [-0.25, -0.2) is 0 Å². The third kappa shape index (κ3) is 4.51. The maximum absolute atomic E-state index is 12.4. The van der Waals surface area contributed by atoms with Gasteiger partial charge < -0.3 is 9.47 Å². The van der Waals surface area contributed by atoms with Crippen LogP contribution in [-0.4, -0.2) is 33.8 Å². The molecule has 0 spiro atoms. The Hall–Kier alpha value is -1.90. The van der Waals surface area contributed by atoms with Gasteiger partial charge in [0, 0.05) is 12.7 Å². The Kier molecular flexibility index (Phi) is 6.51. The number of pyridine rings is 1. The molecule has 0 saturated carbocycles. The predicted molar refractivity (Wildman–Crippen MR) is 115 cm³/mol. The Morgan fingerprint density at radius 3 is 2.81 bits per heavy atom. The standard InChI is InChI=1S/C19H17BrN2O3S2/c1-3-22-18(23)16(27-19(22)26)10-12-8-14(20)17(15(9-12)24-2)25-11-13-6-4-5-7-21-13/h4-10H,3,11H2,1-2H3/b16-10-. The van der Waals surface area contributed by atoms with E-state index in [2.05, 4.69) is 20.9 Å². The second-order valence-corrected chi connectivity index (χ2v) is 8.10. The Bertz CT molecular complexity index is 903. The van der Waals surface area contributed by atoms with Crippen LogP contribution in [0.4, 0.5) is 0 Å². The van der Waals surface area contributed by atoms with E-state index in [-0.39, 0.29) is 5.91 Å². The van der Waals surface area contributed by atoms with Gasteiger partial charge in [0.05, 0.1) is 22.2 Å². The van der Waals surface area contributed by atoms with E-state index in [1.807, 2.05) is 43.3 Å². The fourth-order valence-corrected chi connectivity index (χ4v) is 4.48. The van der Waals surface area contributed by atoms with Crippen molar-refractivity contribution in [3.05, 3.63) is 57.2 Å². The molecule has 1 aliphatic rings. The summed E-state index contributed by atoms with van der Waals surface area (Å²) in [5, 5.41) is 0. The lowest BCUT2D eigenvalue weighted by molar-refractivity contribution is -0.121. The Morgan fingerprint density at radius 1 is 1.37 bits per heavy atom. The van der Waals surface area contributed by atoms with E-state index in [0.717, 1.165) is 15.7 Å². The second-order valence-electron chi connectivity index (χ2n) is 5.57. The van der Waals surface area contributed by atoms with E-state index < -0.39 is 0 Å². The van der Waals surface area contributed by atoms with Gasteiger partial charge in [0.25, 0.3) is 5.91 Å². The van der Waals surface area contributed by atoms with E-state index >= 15 is 0 Å². The number of carbonyl (C=O) groups excluding carboxylic acids is 1. The van der Waals surface area contributed by atoms with Crippen LogP contribution in [0.15, 0.2) is 45.9 Å². The SMILES string of the molecule is CCN1C(=O)/C(=C/c2cc(Br)c(OCc3ccccn3)c(OC)c2)SC1=S. The number of benzene rings is 1. The number of likely N-dealkylation sites (N-methyl/N-ethyl adjacent to an activating group) is 1. The average molecular weight is 465 g/mol. The Morgan fingerprint density at radius 2 is 2.19 bits per heavy atom. The summed E-state index contributed by atoms with van der Waals surface area (Å²) in [6.45, 7) is 2.79. The van der Waals surface area contributed by atoms with Crippen molar-refractivity contribution < 1.29 is 14.3 Å². The molecule has 5 nitrogen and oxygen atoms in total. The zero-order valence-electron chi connectivity index (χ0n) is 14.8. The van der Waals surface area contributed by atoms with E-state index in [1.54, 1.807) is 18.2 Å². The third-order valence-corrected chi connectivity index (χ3v) is 5.80. The van der Waals surface area contributed by atoms with Gasteiger partial charge >= 0.3 is 0 Å². The van der Waals surface area contributed by atoms with E-state index in [1.165, 1.54) is 11.8 Å². The zero-order valence-corrected chi connectivity index (χ0v) is 18.0.